The number of nitrogens with zero attached hydrogens (tertiary/aromatic N) is 5. The van der Waals surface area contributed by atoms with Gasteiger partial charge in [0.15, 0.2) is 0 Å². The zero-order chi connectivity index (χ0) is 38.6. The molecule has 0 spiro atoms. The normalized spacial score (nSPS) is 12.1. The van der Waals surface area contributed by atoms with Crippen LogP contribution in [0.4, 0.5) is 0 Å². The lowest BCUT2D eigenvalue weighted by Gasteiger charge is -2.12. The van der Waals surface area contributed by atoms with Crippen molar-refractivity contribution in [1.29, 1.82) is 0 Å². The Balaban J connectivity index is 0.922. The van der Waals surface area contributed by atoms with Gasteiger partial charge in [0.25, 0.3) is 0 Å². The highest BCUT2D eigenvalue weighted by atomic mass is 15.2. The van der Waals surface area contributed by atoms with E-state index in [1.807, 2.05) is 12.1 Å². The molecule has 9 aromatic carbocycles. The smallest absolute Gasteiger partial charge is 0.221 e. The highest BCUT2D eigenvalue weighted by Gasteiger charge is 2.20. The molecule has 13 rings (SSSR count). The van der Waals surface area contributed by atoms with Crippen molar-refractivity contribution in [2.45, 2.75) is 0 Å². The number of hydrogen-bond donors (Lipinski definition) is 0. The predicted molar refractivity (Wildman–Crippen MR) is 245 cm³/mol. The molecule has 0 bridgehead atoms. The number of fused-ring (bicyclic) bond motifs is 12. The summed E-state index contributed by atoms with van der Waals surface area (Å²) in [6.07, 6.45) is 0. The number of hydrogen-bond acceptors (Lipinski definition) is 2. The molecule has 59 heavy (non-hydrogen) atoms. The molecule has 0 fully saturated rings. The molecule has 0 atom stereocenters. The van der Waals surface area contributed by atoms with Gasteiger partial charge in [-0.15, -0.1) is 0 Å². The van der Waals surface area contributed by atoms with Crippen molar-refractivity contribution >= 4 is 82.0 Å². The molecule has 5 heteroatoms. The minimum atomic E-state index is 0.827. The Morgan fingerprint density at radius 1 is 0.305 bits per heavy atom. The van der Waals surface area contributed by atoms with Gasteiger partial charge >= 0.3 is 0 Å². The first-order valence-corrected chi connectivity index (χ1v) is 20.1. The monoisotopic (exact) mass is 751 g/mol. The summed E-state index contributed by atoms with van der Waals surface area (Å²) in [7, 11) is 0. The van der Waals surface area contributed by atoms with Crippen LogP contribution in [0.25, 0.3) is 116 Å². The molecule has 0 aliphatic rings. The van der Waals surface area contributed by atoms with Crippen molar-refractivity contribution in [2.75, 3.05) is 0 Å². The van der Waals surface area contributed by atoms with Gasteiger partial charge in [-0.1, -0.05) is 127 Å². The average Bonchev–Trinajstić information content (AvgIpc) is 3.97. The maximum Gasteiger partial charge on any atom is 0.221 e. The van der Waals surface area contributed by atoms with Gasteiger partial charge in [0.2, 0.25) is 5.95 Å². The predicted octanol–water partition coefficient (Wildman–Crippen LogP) is 13.7. The Morgan fingerprint density at radius 2 is 0.814 bits per heavy atom. The van der Waals surface area contributed by atoms with Crippen molar-refractivity contribution < 1.29 is 0 Å². The van der Waals surface area contributed by atoms with E-state index in [0.29, 0.717) is 0 Å². The van der Waals surface area contributed by atoms with Crippen LogP contribution in [0.15, 0.2) is 200 Å². The summed E-state index contributed by atoms with van der Waals surface area (Å²) in [4.78, 5) is 10.5. The topological polar surface area (TPSA) is 40.0 Å². The molecule has 0 N–H and O–H groups in total. The molecule has 0 saturated heterocycles. The van der Waals surface area contributed by atoms with E-state index in [-0.39, 0.29) is 0 Å². The fraction of sp³-hybridized carbons (Fsp3) is 0. The maximum atomic E-state index is 5.34. The van der Waals surface area contributed by atoms with Crippen LogP contribution in [0.3, 0.4) is 0 Å². The van der Waals surface area contributed by atoms with Crippen LogP contribution in [0.2, 0.25) is 0 Å². The molecule has 4 heterocycles. The molecular weight excluding hydrogens is 719 g/mol. The minimum absolute atomic E-state index is 0.827. The average molecular weight is 752 g/mol. The van der Waals surface area contributed by atoms with E-state index in [1.165, 1.54) is 71.3 Å². The van der Waals surface area contributed by atoms with Gasteiger partial charge in [-0.3, -0.25) is 8.97 Å². The zero-order valence-electron chi connectivity index (χ0n) is 31.8. The van der Waals surface area contributed by atoms with Crippen LogP contribution in [0.5, 0.6) is 0 Å². The van der Waals surface area contributed by atoms with Gasteiger partial charge in [0.05, 0.1) is 38.6 Å². The van der Waals surface area contributed by atoms with Crippen LogP contribution >= 0.6 is 0 Å². The fourth-order valence-electron chi connectivity index (χ4n) is 9.45. The number of aromatic nitrogens is 5. The molecule has 0 aliphatic heterocycles. The van der Waals surface area contributed by atoms with Crippen LogP contribution < -0.4 is 0 Å². The minimum Gasteiger partial charge on any atom is -0.309 e. The molecule has 0 aliphatic carbocycles. The highest BCUT2D eigenvalue weighted by Crippen LogP contribution is 2.39. The molecule has 13 aromatic rings. The first-order valence-electron chi connectivity index (χ1n) is 20.1. The molecule has 4 aromatic heterocycles. The summed E-state index contributed by atoms with van der Waals surface area (Å²) in [5.74, 6) is 0.827. The molecule has 0 saturated carbocycles. The van der Waals surface area contributed by atoms with E-state index in [0.717, 1.165) is 44.6 Å². The summed E-state index contributed by atoms with van der Waals surface area (Å²) in [6, 6.07) is 72.1. The van der Waals surface area contributed by atoms with Gasteiger partial charge in [0.1, 0.15) is 5.65 Å². The summed E-state index contributed by atoms with van der Waals surface area (Å²) < 4.78 is 6.92. The lowest BCUT2D eigenvalue weighted by Crippen LogP contribution is -2.06. The summed E-state index contributed by atoms with van der Waals surface area (Å²) in [6.45, 7) is 0. The summed E-state index contributed by atoms with van der Waals surface area (Å²) in [5.41, 5.74) is 14.3. The third-order valence-electron chi connectivity index (χ3n) is 12.2. The van der Waals surface area contributed by atoms with Gasteiger partial charge in [-0.25, -0.2) is 9.97 Å². The van der Waals surface area contributed by atoms with Crippen LogP contribution in [0, 0.1) is 0 Å². The zero-order valence-corrected chi connectivity index (χ0v) is 31.8. The first kappa shape index (κ1) is 32.1. The quantitative estimate of drug-likeness (QED) is 0.180. The Morgan fingerprint density at radius 3 is 1.51 bits per heavy atom. The largest absolute Gasteiger partial charge is 0.309 e. The number of rotatable bonds is 4. The molecule has 5 nitrogen and oxygen atoms in total. The summed E-state index contributed by atoms with van der Waals surface area (Å²) >= 11 is 0. The standard InChI is InChI=1S/C54H33N5/c1-2-12-37-31-40(28-25-34(37)11-1)57-48-18-8-4-13-41(48)44-32-38(26-29-50(44)57)35-21-23-36(24-22-35)39-27-30-51-45(33-39)42-14-5-9-19-49(42)58(51)54-56-46-16-6-3-15-43(46)53-55-47-17-7-10-20-52(47)59(53)54/h1-33H. The third-order valence-corrected chi connectivity index (χ3v) is 12.2. The summed E-state index contributed by atoms with van der Waals surface area (Å²) in [5, 5.41) is 8.39. The van der Waals surface area contributed by atoms with Crippen LogP contribution in [-0.4, -0.2) is 23.5 Å². The van der Waals surface area contributed by atoms with Gasteiger partial charge in [0, 0.05) is 32.6 Å². The molecule has 0 amide bonds. The Kier molecular flexibility index (Phi) is 6.66. The van der Waals surface area contributed by atoms with Crippen LogP contribution in [0.1, 0.15) is 0 Å². The van der Waals surface area contributed by atoms with E-state index in [2.05, 4.69) is 202 Å². The van der Waals surface area contributed by atoms with E-state index in [9.17, 15) is 0 Å². The van der Waals surface area contributed by atoms with E-state index in [1.54, 1.807) is 0 Å². The van der Waals surface area contributed by atoms with Crippen molar-refractivity contribution in [3.05, 3.63) is 200 Å². The van der Waals surface area contributed by atoms with Crippen LogP contribution in [-0.2, 0) is 0 Å². The third kappa shape index (κ3) is 4.73. The Labute approximate surface area is 338 Å². The first-order chi connectivity index (χ1) is 29.2. The van der Waals surface area contributed by atoms with E-state index in [4.69, 9.17) is 9.97 Å². The lowest BCUT2D eigenvalue weighted by molar-refractivity contribution is 0.979. The molecular formula is C54H33N5. The van der Waals surface area contributed by atoms with Gasteiger partial charge in [-0.05, 0) is 106 Å². The van der Waals surface area contributed by atoms with Crippen molar-refractivity contribution in [3.63, 3.8) is 0 Å². The maximum absolute atomic E-state index is 5.34. The van der Waals surface area contributed by atoms with Gasteiger partial charge < -0.3 is 4.57 Å². The van der Waals surface area contributed by atoms with E-state index < -0.39 is 0 Å². The number of benzene rings is 9. The van der Waals surface area contributed by atoms with Crippen molar-refractivity contribution in [2.24, 2.45) is 0 Å². The fourth-order valence-corrected chi connectivity index (χ4v) is 9.45. The number of imidazole rings is 1. The second-order valence-corrected chi connectivity index (χ2v) is 15.5. The molecule has 0 radical (unpaired) electrons. The van der Waals surface area contributed by atoms with Gasteiger partial charge in [-0.2, -0.15) is 0 Å². The second kappa shape index (κ2) is 12.2. The highest BCUT2D eigenvalue weighted by molar-refractivity contribution is 6.12. The molecule has 274 valence electrons. The SMILES string of the molecule is c1ccc2cc(-n3c4ccccc4c4cc(-c5ccc(-c6ccc7c(c6)c6ccccc6n7-c6nc7ccccc7c7nc8ccccc8n67)cc5)ccc43)ccc2c1. The second-order valence-electron chi connectivity index (χ2n) is 15.5. The van der Waals surface area contributed by atoms with Crippen molar-refractivity contribution in [1.82, 2.24) is 23.5 Å². The Bertz CT molecular complexity index is 3850. The van der Waals surface area contributed by atoms with E-state index >= 15 is 0 Å². The lowest BCUT2D eigenvalue weighted by atomic mass is 9.98. The number of para-hydroxylation sites is 5. The Hall–Kier alpha value is -8.02. The molecule has 0 unspecified atom stereocenters. The van der Waals surface area contributed by atoms with Crippen molar-refractivity contribution in [3.8, 4) is 33.9 Å².